The minimum Gasteiger partial charge on any atom is -0.370 e. The van der Waals surface area contributed by atoms with Crippen LogP contribution >= 0.6 is 0 Å². The van der Waals surface area contributed by atoms with Crippen molar-refractivity contribution in [3.63, 3.8) is 0 Å². The molecule has 4 heteroatoms. The highest BCUT2D eigenvalue weighted by atomic mass is 16.2. The van der Waals surface area contributed by atoms with Crippen molar-refractivity contribution < 1.29 is 4.79 Å². The lowest BCUT2D eigenvalue weighted by atomic mass is 10.4. The van der Waals surface area contributed by atoms with Gasteiger partial charge < -0.3 is 5.73 Å². The Labute approximate surface area is 52.9 Å². The molecule has 1 rings (SSSR count). The zero-order valence-electron chi connectivity index (χ0n) is 4.90. The van der Waals surface area contributed by atoms with E-state index >= 15 is 0 Å². The van der Waals surface area contributed by atoms with E-state index in [2.05, 4.69) is 5.32 Å². The van der Waals surface area contributed by atoms with Gasteiger partial charge in [0.05, 0.1) is 5.92 Å². The average molecular weight is 126 g/mol. The van der Waals surface area contributed by atoms with E-state index in [1.807, 2.05) is 0 Å². The summed E-state index contributed by atoms with van der Waals surface area (Å²) in [6, 6.07) is 0. The van der Waals surface area contributed by atoms with Gasteiger partial charge in [0.1, 0.15) is 0 Å². The van der Waals surface area contributed by atoms with Crippen molar-refractivity contribution in [3.8, 4) is 0 Å². The third-order valence-electron chi connectivity index (χ3n) is 1.07. The Kier molecular flexibility index (Phi) is 1.38. The molecular weight excluding hydrogens is 118 g/mol. The molecule has 0 spiro atoms. The molecule has 4 nitrogen and oxygen atoms in total. The van der Waals surface area contributed by atoms with E-state index in [4.69, 9.17) is 11.1 Å². The molecule has 0 bridgehead atoms. The SMILES string of the molecule is N=C(N)NC(=O)[C]1CC1. The number of carbonyl (C=O) groups is 1. The maximum absolute atomic E-state index is 10.6. The van der Waals surface area contributed by atoms with Crippen molar-refractivity contribution in [1.82, 2.24) is 5.32 Å². The molecule has 1 fully saturated rings. The van der Waals surface area contributed by atoms with Crippen molar-refractivity contribution >= 4 is 11.9 Å². The number of nitrogens with one attached hydrogen (secondary N) is 2. The largest absolute Gasteiger partial charge is 0.370 e. The van der Waals surface area contributed by atoms with Gasteiger partial charge in [-0.15, -0.1) is 0 Å². The van der Waals surface area contributed by atoms with Gasteiger partial charge in [0.25, 0.3) is 0 Å². The molecule has 0 aliphatic heterocycles. The monoisotopic (exact) mass is 126 g/mol. The Morgan fingerprint density at radius 3 is 2.56 bits per heavy atom. The van der Waals surface area contributed by atoms with Crippen LogP contribution in [-0.4, -0.2) is 11.9 Å². The second-order valence-electron chi connectivity index (χ2n) is 1.97. The van der Waals surface area contributed by atoms with Gasteiger partial charge >= 0.3 is 0 Å². The highest BCUT2D eigenvalue weighted by Crippen LogP contribution is 2.31. The number of rotatable bonds is 1. The molecule has 1 saturated carbocycles. The van der Waals surface area contributed by atoms with Gasteiger partial charge in [0.15, 0.2) is 5.96 Å². The van der Waals surface area contributed by atoms with Gasteiger partial charge in [0.2, 0.25) is 5.91 Å². The molecule has 4 N–H and O–H groups in total. The Morgan fingerprint density at radius 1 is 1.67 bits per heavy atom. The molecule has 1 aliphatic rings. The molecule has 0 aromatic carbocycles. The maximum Gasteiger partial charge on any atom is 0.233 e. The fourth-order valence-electron chi connectivity index (χ4n) is 0.500. The van der Waals surface area contributed by atoms with Crippen molar-refractivity contribution in [3.05, 3.63) is 5.92 Å². The van der Waals surface area contributed by atoms with Crippen molar-refractivity contribution in [2.24, 2.45) is 5.73 Å². The molecule has 0 atom stereocenters. The van der Waals surface area contributed by atoms with E-state index < -0.39 is 0 Å². The summed E-state index contributed by atoms with van der Waals surface area (Å²) in [4.78, 5) is 10.6. The van der Waals surface area contributed by atoms with Crippen molar-refractivity contribution in [1.29, 1.82) is 5.41 Å². The van der Waals surface area contributed by atoms with Crippen LogP contribution in [0, 0.1) is 11.3 Å². The standard InChI is InChI=1S/C5H8N3O/c6-5(7)8-4(9)3-1-2-3/h1-2H2,(H4,6,7,8,9). The zero-order valence-corrected chi connectivity index (χ0v) is 4.90. The summed E-state index contributed by atoms with van der Waals surface area (Å²) in [5.74, 6) is 0.368. The van der Waals surface area contributed by atoms with Gasteiger partial charge in [-0.3, -0.25) is 15.5 Å². The van der Waals surface area contributed by atoms with Gasteiger partial charge in [-0.1, -0.05) is 0 Å². The lowest BCUT2D eigenvalue weighted by molar-refractivity contribution is -0.117. The normalized spacial score (nSPS) is 16.9. The van der Waals surface area contributed by atoms with Gasteiger partial charge in [-0.25, -0.2) is 0 Å². The Morgan fingerprint density at radius 2 is 2.22 bits per heavy atom. The van der Waals surface area contributed by atoms with Crippen LogP contribution in [0.3, 0.4) is 0 Å². The maximum atomic E-state index is 10.6. The predicted molar refractivity (Wildman–Crippen MR) is 32.5 cm³/mol. The van der Waals surface area contributed by atoms with E-state index in [-0.39, 0.29) is 11.9 Å². The zero-order chi connectivity index (χ0) is 6.85. The Hall–Kier alpha value is -1.06. The van der Waals surface area contributed by atoms with Crippen LogP contribution in [-0.2, 0) is 4.79 Å². The van der Waals surface area contributed by atoms with Gasteiger partial charge in [-0.05, 0) is 12.8 Å². The fourth-order valence-corrected chi connectivity index (χ4v) is 0.500. The highest BCUT2D eigenvalue weighted by molar-refractivity contribution is 6.03. The molecule has 0 aromatic heterocycles. The predicted octanol–water partition coefficient (Wildman–Crippen LogP) is -0.636. The molecule has 0 aromatic rings. The molecule has 1 radical (unpaired) electrons. The van der Waals surface area contributed by atoms with E-state index in [0.717, 1.165) is 18.8 Å². The first-order valence-electron chi connectivity index (χ1n) is 2.70. The van der Waals surface area contributed by atoms with Gasteiger partial charge in [-0.2, -0.15) is 0 Å². The molecule has 0 unspecified atom stereocenters. The first kappa shape index (κ1) is 6.07. The summed E-state index contributed by atoms with van der Waals surface area (Å²) in [6.07, 6.45) is 1.72. The number of nitrogens with two attached hydrogens (primary N) is 1. The quantitative estimate of drug-likeness (QED) is 0.323. The van der Waals surface area contributed by atoms with Crippen molar-refractivity contribution in [2.45, 2.75) is 12.8 Å². The number of hydrogen-bond donors (Lipinski definition) is 3. The van der Waals surface area contributed by atoms with E-state index in [9.17, 15) is 4.79 Å². The minimum absolute atomic E-state index is 0.192. The Bertz CT molecular complexity index is 150. The number of amides is 1. The first-order valence-corrected chi connectivity index (χ1v) is 2.70. The number of hydrogen-bond acceptors (Lipinski definition) is 2. The summed E-state index contributed by atoms with van der Waals surface area (Å²) in [6.45, 7) is 0. The number of carbonyl (C=O) groups excluding carboxylic acids is 1. The first-order chi connectivity index (χ1) is 4.20. The molecule has 49 valence electrons. The number of guanidine groups is 1. The van der Waals surface area contributed by atoms with Crippen LogP contribution in [0.5, 0.6) is 0 Å². The van der Waals surface area contributed by atoms with Crippen LogP contribution in [0.4, 0.5) is 0 Å². The topological polar surface area (TPSA) is 79.0 Å². The average Bonchev–Trinajstić information content (AvgIpc) is 2.40. The smallest absolute Gasteiger partial charge is 0.233 e. The van der Waals surface area contributed by atoms with E-state index in [1.54, 1.807) is 0 Å². The summed E-state index contributed by atoms with van der Waals surface area (Å²) in [5.41, 5.74) is 4.90. The van der Waals surface area contributed by atoms with E-state index in [0.29, 0.717) is 0 Å². The molecule has 1 aliphatic carbocycles. The summed E-state index contributed by atoms with van der Waals surface area (Å²) >= 11 is 0. The van der Waals surface area contributed by atoms with Crippen molar-refractivity contribution in [2.75, 3.05) is 0 Å². The molecule has 0 heterocycles. The molecular formula is C5H8N3O. The second-order valence-corrected chi connectivity index (χ2v) is 1.97. The highest BCUT2D eigenvalue weighted by Gasteiger charge is 2.30. The third-order valence-corrected chi connectivity index (χ3v) is 1.07. The third kappa shape index (κ3) is 1.71. The van der Waals surface area contributed by atoms with Crippen LogP contribution in [0.2, 0.25) is 0 Å². The van der Waals surface area contributed by atoms with Crippen LogP contribution in [0.25, 0.3) is 0 Å². The van der Waals surface area contributed by atoms with Crippen LogP contribution in [0.1, 0.15) is 12.8 Å². The fraction of sp³-hybridized carbons (Fsp3) is 0.400. The lowest BCUT2D eigenvalue weighted by Crippen LogP contribution is -2.36. The second kappa shape index (κ2) is 2.05. The van der Waals surface area contributed by atoms with Gasteiger partial charge in [0, 0.05) is 0 Å². The molecule has 0 saturated heterocycles. The van der Waals surface area contributed by atoms with Crippen LogP contribution in [0.15, 0.2) is 0 Å². The molecule has 9 heavy (non-hydrogen) atoms. The molecule has 1 amide bonds. The summed E-state index contributed by atoms with van der Waals surface area (Å²) in [5, 5.41) is 8.87. The summed E-state index contributed by atoms with van der Waals surface area (Å²) in [7, 11) is 0. The summed E-state index contributed by atoms with van der Waals surface area (Å²) < 4.78 is 0. The minimum atomic E-state index is -0.278. The van der Waals surface area contributed by atoms with E-state index in [1.165, 1.54) is 0 Å². The lowest BCUT2D eigenvalue weighted by Gasteiger charge is -1.96. The van der Waals surface area contributed by atoms with Crippen LogP contribution < -0.4 is 11.1 Å². The Balaban J connectivity index is 2.26.